The van der Waals surface area contributed by atoms with Crippen molar-refractivity contribution in [2.45, 2.75) is 18.7 Å². The smallest absolute Gasteiger partial charge is 0.265 e. The third-order valence-corrected chi connectivity index (χ3v) is 6.72. The normalized spacial score (nSPS) is 11.2. The molecule has 4 aromatic rings. The van der Waals surface area contributed by atoms with E-state index < -0.39 is 10.0 Å². The molecule has 0 saturated heterocycles. The maximum Gasteiger partial charge on any atom is 0.265 e. The van der Waals surface area contributed by atoms with Gasteiger partial charge in [-0.3, -0.25) is 14.5 Å². The van der Waals surface area contributed by atoms with Crippen LogP contribution in [-0.2, 0) is 10.0 Å². The predicted octanol–water partition coefficient (Wildman–Crippen LogP) is 4.91. The average Bonchev–Trinajstić information content (AvgIpc) is 2.81. The highest BCUT2D eigenvalue weighted by Gasteiger charge is 2.22. The van der Waals surface area contributed by atoms with E-state index in [-0.39, 0.29) is 16.6 Å². The van der Waals surface area contributed by atoms with Crippen molar-refractivity contribution in [1.29, 1.82) is 0 Å². The van der Waals surface area contributed by atoms with Crippen molar-refractivity contribution < 1.29 is 17.9 Å². The summed E-state index contributed by atoms with van der Waals surface area (Å²) in [5.74, 6) is -0.189. The molecule has 1 heterocycles. The number of nitrogens with one attached hydrogen (secondary N) is 2. The highest BCUT2D eigenvalue weighted by molar-refractivity contribution is 7.92. The zero-order valence-corrected chi connectivity index (χ0v) is 19.2. The van der Waals surface area contributed by atoms with E-state index in [0.29, 0.717) is 16.9 Å². The summed E-state index contributed by atoms with van der Waals surface area (Å²) in [7, 11) is -2.59. The van der Waals surface area contributed by atoms with Gasteiger partial charge in [-0.05, 0) is 60.7 Å². The van der Waals surface area contributed by atoms with Crippen LogP contribution in [0.3, 0.4) is 0 Å². The van der Waals surface area contributed by atoms with Crippen molar-refractivity contribution in [3.05, 3.63) is 89.7 Å². The molecular weight excluding hydrogens is 438 g/mol. The van der Waals surface area contributed by atoms with Gasteiger partial charge in [0.1, 0.15) is 10.6 Å². The number of carbonyl (C=O) groups is 1. The van der Waals surface area contributed by atoms with Crippen molar-refractivity contribution in [3.8, 4) is 5.75 Å². The van der Waals surface area contributed by atoms with E-state index in [4.69, 9.17) is 4.74 Å². The summed E-state index contributed by atoms with van der Waals surface area (Å²) in [5.41, 5.74) is 2.90. The van der Waals surface area contributed by atoms with E-state index in [1.165, 1.54) is 19.2 Å². The minimum Gasteiger partial charge on any atom is -0.495 e. The van der Waals surface area contributed by atoms with Crippen LogP contribution >= 0.6 is 0 Å². The number of ether oxygens (including phenoxy) is 1. The number of rotatable bonds is 6. The van der Waals surface area contributed by atoms with Crippen LogP contribution in [0.4, 0.5) is 11.4 Å². The van der Waals surface area contributed by atoms with E-state index in [1.54, 1.807) is 36.7 Å². The number of nitrogens with zero attached hydrogens (tertiary/aromatic N) is 1. The van der Waals surface area contributed by atoms with E-state index in [2.05, 4.69) is 15.0 Å². The first-order valence-electron chi connectivity index (χ1n) is 10.2. The number of amides is 1. The lowest BCUT2D eigenvalue weighted by Crippen LogP contribution is -2.17. The van der Waals surface area contributed by atoms with Gasteiger partial charge in [-0.2, -0.15) is 0 Å². The number of pyridine rings is 1. The number of aryl methyl sites for hydroxylation is 2. The Morgan fingerprint density at radius 2 is 1.70 bits per heavy atom. The maximum atomic E-state index is 13.3. The van der Waals surface area contributed by atoms with Gasteiger partial charge in [0.25, 0.3) is 15.9 Å². The van der Waals surface area contributed by atoms with Crippen LogP contribution in [0.15, 0.2) is 78.0 Å². The molecule has 0 atom stereocenters. The Hall–Kier alpha value is -3.91. The number of aromatic nitrogens is 1. The Balaban J connectivity index is 1.69. The second-order valence-electron chi connectivity index (χ2n) is 7.59. The minimum absolute atomic E-state index is 0.0763. The topological polar surface area (TPSA) is 97.4 Å². The van der Waals surface area contributed by atoms with E-state index >= 15 is 0 Å². The predicted molar refractivity (Wildman–Crippen MR) is 129 cm³/mol. The van der Waals surface area contributed by atoms with Crippen LogP contribution in [0, 0.1) is 13.8 Å². The zero-order valence-electron chi connectivity index (χ0n) is 18.4. The van der Waals surface area contributed by atoms with Crippen molar-refractivity contribution in [1.82, 2.24) is 4.98 Å². The SMILES string of the molecule is COc1ccc(NC(=O)c2cccc3cnccc23)cc1S(=O)(=O)Nc1c(C)cccc1C. The minimum atomic E-state index is -3.99. The molecule has 33 heavy (non-hydrogen) atoms. The fourth-order valence-corrected chi connectivity index (χ4v) is 5.05. The molecule has 168 valence electrons. The Bertz CT molecular complexity index is 1440. The summed E-state index contributed by atoms with van der Waals surface area (Å²) >= 11 is 0. The molecule has 0 spiro atoms. The summed E-state index contributed by atoms with van der Waals surface area (Å²) < 4.78 is 34.5. The number of benzene rings is 3. The molecule has 8 heteroatoms. The standard InChI is InChI=1S/C25H23N3O4S/c1-16-6-4-7-17(2)24(16)28-33(30,31)23-14-19(10-11-22(23)32-3)27-25(29)21-9-5-8-18-15-26-13-12-20(18)21/h4-15,28H,1-3H3,(H,27,29). The van der Waals surface area contributed by atoms with Gasteiger partial charge in [0.15, 0.2) is 0 Å². The third kappa shape index (κ3) is 4.51. The Morgan fingerprint density at radius 1 is 0.970 bits per heavy atom. The Morgan fingerprint density at radius 3 is 2.42 bits per heavy atom. The van der Waals surface area contributed by atoms with Crippen LogP contribution in [-0.4, -0.2) is 26.4 Å². The van der Waals surface area contributed by atoms with Gasteiger partial charge in [0, 0.05) is 29.0 Å². The number of methoxy groups -OCH3 is 1. The molecule has 0 unspecified atom stereocenters. The monoisotopic (exact) mass is 461 g/mol. The molecule has 2 N–H and O–H groups in total. The first kappa shape index (κ1) is 22.3. The van der Waals surface area contributed by atoms with Crippen LogP contribution < -0.4 is 14.8 Å². The largest absolute Gasteiger partial charge is 0.495 e. The lowest BCUT2D eigenvalue weighted by atomic mass is 10.1. The van der Waals surface area contributed by atoms with E-state index in [9.17, 15) is 13.2 Å². The molecule has 0 bridgehead atoms. The zero-order chi connectivity index (χ0) is 23.6. The van der Waals surface area contributed by atoms with Gasteiger partial charge < -0.3 is 10.1 Å². The first-order valence-corrected chi connectivity index (χ1v) is 11.7. The lowest BCUT2D eigenvalue weighted by Gasteiger charge is -2.16. The Labute approximate surface area is 192 Å². The molecule has 0 fully saturated rings. The van der Waals surface area contributed by atoms with Gasteiger partial charge in [-0.15, -0.1) is 0 Å². The molecule has 1 aromatic heterocycles. The van der Waals surface area contributed by atoms with Crippen LogP contribution in [0.25, 0.3) is 10.8 Å². The highest BCUT2D eigenvalue weighted by atomic mass is 32.2. The van der Waals surface area contributed by atoms with Gasteiger partial charge in [0.05, 0.1) is 12.8 Å². The molecule has 3 aromatic carbocycles. The third-order valence-electron chi connectivity index (χ3n) is 5.35. The number of para-hydroxylation sites is 1. The average molecular weight is 462 g/mol. The number of carbonyl (C=O) groups excluding carboxylic acids is 1. The molecule has 0 aliphatic carbocycles. The quantitative estimate of drug-likeness (QED) is 0.425. The van der Waals surface area contributed by atoms with Crippen molar-refractivity contribution in [2.75, 3.05) is 17.1 Å². The highest BCUT2D eigenvalue weighted by Crippen LogP contribution is 2.31. The molecule has 1 amide bonds. The second kappa shape index (κ2) is 8.91. The van der Waals surface area contributed by atoms with Crippen LogP contribution in [0.5, 0.6) is 5.75 Å². The summed E-state index contributed by atoms with van der Waals surface area (Å²) in [4.78, 5) is 17.0. The van der Waals surface area contributed by atoms with Gasteiger partial charge >= 0.3 is 0 Å². The summed E-state index contributed by atoms with van der Waals surface area (Å²) in [6.07, 6.45) is 3.31. The second-order valence-corrected chi connectivity index (χ2v) is 9.25. The fraction of sp³-hybridized carbons (Fsp3) is 0.120. The van der Waals surface area contributed by atoms with Gasteiger partial charge in [-0.25, -0.2) is 8.42 Å². The first-order chi connectivity index (χ1) is 15.8. The van der Waals surface area contributed by atoms with Gasteiger partial charge in [0.2, 0.25) is 0 Å². The number of fused-ring (bicyclic) bond motifs is 1. The summed E-state index contributed by atoms with van der Waals surface area (Å²) in [6.45, 7) is 3.66. The van der Waals surface area contributed by atoms with Crippen LogP contribution in [0.1, 0.15) is 21.5 Å². The molecule has 0 saturated carbocycles. The fourth-order valence-electron chi connectivity index (χ4n) is 3.65. The molecular formula is C25H23N3O4S. The van der Waals surface area contributed by atoms with Crippen molar-refractivity contribution >= 4 is 38.1 Å². The number of hydrogen-bond donors (Lipinski definition) is 2. The summed E-state index contributed by atoms with van der Waals surface area (Å²) in [5, 5.41) is 4.38. The van der Waals surface area contributed by atoms with E-state index in [0.717, 1.165) is 21.9 Å². The molecule has 7 nitrogen and oxygen atoms in total. The molecule has 0 aliphatic heterocycles. The van der Waals surface area contributed by atoms with Crippen molar-refractivity contribution in [2.24, 2.45) is 0 Å². The molecule has 0 radical (unpaired) electrons. The molecule has 0 aliphatic rings. The number of hydrogen-bond acceptors (Lipinski definition) is 5. The maximum absolute atomic E-state index is 13.3. The number of anilines is 2. The number of sulfonamides is 1. The summed E-state index contributed by atoms with van der Waals surface area (Å²) in [6, 6.07) is 17.2. The van der Waals surface area contributed by atoms with Gasteiger partial charge in [-0.1, -0.05) is 30.3 Å². The van der Waals surface area contributed by atoms with Crippen molar-refractivity contribution in [3.63, 3.8) is 0 Å². The Kier molecular flexibility index (Phi) is 6.02. The molecule has 4 rings (SSSR count). The van der Waals surface area contributed by atoms with E-state index in [1.807, 2.05) is 38.1 Å². The van der Waals surface area contributed by atoms with Crippen LogP contribution in [0.2, 0.25) is 0 Å². The lowest BCUT2D eigenvalue weighted by molar-refractivity contribution is 0.102.